The molecule has 2 rings (SSSR count). The molecule has 1 saturated heterocycles. The number of aromatic nitrogens is 1. The minimum atomic E-state index is -0.00174. The zero-order chi connectivity index (χ0) is 14.5. The maximum atomic E-state index is 11.0. The summed E-state index contributed by atoms with van der Waals surface area (Å²) in [5, 5.41) is 2.84. The molecule has 1 aromatic rings. The monoisotopic (exact) mass is 297 g/mol. The molecule has 5 nitrogen and oxygen atoms in total. The fourth-order valence-corrected chi connectivity index (χ4v) is 3.15. The van der Waals surface area contributed by atoms with Gasteiger partial charge in [0.15, 0.2) is 0 Å². The summed E-state index contributed by atoms with van der Waals surface area (Å²) in [5.41, 5.74) is 2.48. The van der Waals surface area contributed by atoms with Gasteiger partial charge in [-0.3, -0.25) is 9.69 Å². The van der Waals surface area contributed by atoms with Crippen LogP contribution in [0.2, 0.25) is 0 Å². The molecular weight excluding hydrogens is 274 g/mol. The second kappa shape index (κ2) is 7.15. The highest BCUT2D eigenvalue weighted by Gasteiger charge is 2.20. The summed E-state index contributed by atoms with van der Waals surface area (Å²) in [6.07, 6.45) is 1.11. The minimum Gasteiger partial charge on any atom is -0.375 e. The molecule has 112 valence electrons. The van der Waals surface area contributed by atoms with E-state index < -0.39 is 0 Å². The third kappa shape index (κ3) is 4.26. The van der Waals surface area contributed by atoms with Crippen molar-refractivity contribution in [3.8, 4) is 0 Å². The molecule has 0 radical (unpaired) electrons. The summed E-state index contributed by atoms with van der Waals surface area (Å²) < 4.78 is 10.2. The average Bonchev–Trinajstić information content (AvgIpc) is 2.63. The van der Waals surface area contributed by atoms with E-state index in [-0.39, 0.29) is 12.0 Å². The van der Waals surface area contributed by atoms with Gasteiger partial charge in [0.25, 0.3) is 0 Å². The first-order valence-electron chi connectivity index (χ1n) is 7.06. The van der Waals surface area contributed by atoms with Crippen LogP contribution in [0.15, 0.2) is 0 Å². The molecule has 1 aliphatic rings. The molecule has 0 bridgehead atoms. The molecule has 1 unspecified atom stereocenters. The number of rotatable bonds is 4. The lowest BCUT2D eigenvalue weighted by Crippen LogP contribution is -2.39. The first kappa shape index (κ1) is 15.4. The highest BCUT2D eigenvalue weighted by molar-refractivity contribution is 7.05. The van der Waals surface area contributed by atoms with Gasteiger partial charge in [-0.25, -0.2) is 0 Å². The Kier molecular flexibility index (Phi) is 5.51. The Morgan fingerprint density at radius 2 is 2.35 bits per heavy atom. The van der Waals surface area contributed by atoms with Crippen molar-refractivity contribution < 1.29 is 9.53 Å². The van der Waals surface area contributed by atoms with Crippen molar-refractivity contribution in [2.75, 3.05) is 26.2 Å². The van der Waals surface area contributed by atoms with Crippen molar-refractivity contribution in [3.63, 3.8) is 0 Å². The molecule has 1 atom stereocenters. The molecule has 6 heteroatoms. The van der Waals surface area contributed by atoms with E-state index in [0.717, 1.165) is 38.4 Å². The zero-order valence-electron chi connectivity index (χ0n) is 12.4. The average molecular weight is 297 g/mol. The van der Waals surface area contributed by atoms with Crippen LogP contribution < -0.4 is 5.32 Å². The summed E-state index contributed by atoms with van der Waals surface area (Å²) in [4.78, 5) is 14.7. The third-order valence-corrected chi connectivity index (χ3v) is 4.46. The zero-order valence-corrected chi connectivity index (χ0v) is 13.3. The molecular formula is C14H23N3O2S. The van der Waals surface area contributed by atoms with Gasteiger partial charge in [-0.2, -0.15) is 4.37 Å². The highest BCUT2D eigenvalue weighted by atomic mass is 32.1. The van der Waals surface area contributed by atoms with Crippen LogP contribution in [-0.4, -0.2) is 47.5 Å². The molecule has 1 fully saturated rings. The molecule has 0 aliphatic carbocycles. The SMILES string of the molecule is CC(=O)NCC1CN(Cc2c(C)nsc2C)CCCO1. The molecule has 0 spiro atoms. The number of carbonyl (C=O) groups excluding carboxylic acids is 1. The van der Waals surface area contributed by atoms with Crippen molar-refractivity contribution in [2.24, 2.45) is 0 Å². The van der Waals surface area contributed by atoms with E-state index in [9.17, 15) is 4.79 Å². The van der Waals surface area contributed by atoms with Crippen molar-refractivity contribution in [1.82, 2.24) is 14.6 Å². The second-order valence-corrected chi connectivity index (χ2v) is 6.30. The first-order chi connectivity index (χ1) is 9.56. The summed E-state index contributed by atoms with van der Waals surface area (Å²) in [6.45, 7) is 9.91. The normalized spacial score (nSPS) is 20.6. The third-order valence-electron chi connectivity index (χ3n) is 3.58. The predicted molar refractivity (Wildman–Crippen MR) is 79.9 cm³/mol. The van der Waals surface area contributed by atoms with Crippen molar-refractivity contribution in [1.29, 1.82) is 0 Å². The van der Waals surface area contributed by atoms with E-state index in [1.165, 1.54) is 17.4 Å². The van der Waals surface area contributed by atoms with Crippen LogP contribution in [0, 0.1) is 13.8 Å². The Bertz CT molecular complexity index is 442. The number of carbonyl (C=O) groups is 1. The maximum absolute atomic E-state index is 11.0. The van der Waals surface area contributed by atoms with E-state index in [2.05, 4.69) is 28.4 Å². The van der Waals surface area contributed by atoms with Crippen LogP contribution in [0.1, 0.15) is 29.5 Å². The van der Waals surface area contributed by atoms with Gasteiger partial charge < -0.3 is 10.1 Å². The van der Waals surface area contributed by atoms with Crippen molar-refractivity contribution in [2.45, 2.75) is 39.8 Å². The first-order valence-corrected chi connectivity index (χ1v) is 7.83. The summed E-state index contributed by atoms with van der Waals surface area (Å²) >= 11 is 1.57. The molecule has 1 amide bonds. The van der Waals surface area contributed by atoms with Crippen molar-refractivity contribution >= 4 is 17.4 Å². The van der Waals surface area contributed by atoms with Gasteiger partial charge in [-0.15, -0.1) is 0 Å². The van der Waals surface area contributed by atoms with E-state index in [4.69, 9.17) is 4.74 Å². The molecule has 1 aliphatic heterocycles. The fraction of sp³-hybridized carbons (Fsp3) is 0.714. The lowest BCUT2D eigenvalue weighted by molar-refractivity contribution is -0.119. The van der Waals surface area contributed by atoms with Gasteiger partial charge in [-0.1, -0.05) is 0 Å². The van der Waals surface area contributed by atoms with Gasteiger partial charge >= 0.3 is 0 Å². The molecule has 2 heterocycles. The Morgan fingerprint density at radius 3 is 3.00 bits per heavy atom. The van der Waals surface area contributed by atoms with Gasteiger partial charge in [0.2, 0.25) is 5.91 Å². The van der Waals surface area contributed by atoms with Gasteiger partial charge in [0.05, 0.1) is 11.8 Å². The van der Waals surface area contributed by atoms with Crippen LogP contribution in [0.5, 0.6) is 0 Å². The molecule has 20 heavy (non-hydrogen) atoms. The Balaban J connectivity index is 1.94. The topological polar surface area (TPSA) is 54.5 Å². The van der Waals surface area contributed by atoms with Crippen LogP contribution in [0.25, 0.3) is 0 Å². The number of hydrogen-bond donors (Lipinski definition) is 1. The number of aryl methyl sites for hydroxylation is 2. The number of nitrogens with one attached hydrogen (secondary N) is 1. The molecule has 0 aromatic carbocycles. The van der Waals surface area contributed by atoms with Crippen molar-refractivity contribution in [3.05, 3.63) is 16.1 Å². The van der Waals surface area contributed by atoms with Gasteiger partial charge in [0.1, 0.15) is 0 Å². The summed E-state index contributed by atoms with van der Waals surface area (Å²) in [5.74, 6) is -0.00174. The van der Waals surface area contributed by atoms with Gasteiger partial charge in [0, 0.05) is 50.2 Å². The van der Waals surface area contributed by atoms with E-state index in [1.54, 1.807) is 11.5 Å². The van der Waals surface area contributed by atoms with Gasteiger partial charge in [-0.05, 0) is 31.8 Å². The summed E-state index contributed by atoms with van der Waals surface area (Å²) in [7, 11) is 0. The Labute approximate surface area is 124 Å². The number of ether oxygens (including phenoxy) is 1. The van der Waals surface area contributed by atoms with E-state index in [0.29, 0.717) is 6.54 Å². The van der Waals surface area contributed by atoms with Crippen LogP contribution >= 0.6 is 11.5 Å². The summed E-state index contributed by atoms with van der Waals surface area (Å²) in [6, 6.07) is 0. The number of hydrogen-bond acceptors (Lipinski definition) is 5. The quantitative estimate of drug-likeness (QED) is 0.915. The maximum Gasteiger partial charge on any atom is 0.216 e. The van der Waals surface area contributed by atoms with Crippen LogP contribution in [-0.2, 0) is 16.1 Å². The second-order valence-electron chi connectivity index (χ2n) is 5.32. The largest absolute Gasteiger partial charge is 0.375 e. The molecule has 1 aromatic heterocycles. The Hall–Kier alpha value is -0.980. The number of amides is 1. The lowest BCUT2D eigenvalue weighted by Gasteiger charge is -2.24. The smallest absolute Gasteiger partial charge is 0.216 e. The standard InChI is InChI=1S/C14H23N3O2S/c1-10-14(11(2)20-16-10)9-17-5-4-6-19-13(8-17)7-15-12(3)18/h13H,4-9H2,1-3H3,(H,15,18). The predicted octanol–water partition coefficient (Wildman–Crippen LogP) is 1.49. The highest BCUT2D eigenvalue weighted by Crippen LogP contribution is 2.20. The van der Waals surface area contributed by atoms with Crippen LogP contribution in [0.4, 0.5) is 0 Å². The molecule has 0 saturated carbocycles. The van der Waals surface area contributed by atoms with E-state index in [1.807, 2.05) is 0 Å². The molecule has 1 N–H and O–H groups in total. The minimum absolute atomic E-state index is 0.00174. The lowest BCUT2D eigenvalue weighted by atomic mass is 10.2. The fourth-order valence-electron chi connectivity index (χ4n) is 2.45. The number of nitrogens with zero attached hydrogens (tertiary/aromatic N) is 2. The Morgan fingerprint density at radius 1 is 1.55 bits per heavy atom. The van der Waals surface area contributed by atoms with Crippen LogP contribution in [0.3, 0.4) is 0 Å². The van der Waals surface area contributed by atoms with E-state index >= 15 is 0 Å².